The van der Waals surface area contributed by atoms with Gasteiger partial charge >= 0.3 is 0 Å². The molecule has 3 heterocycles. The van der Waals surface area contributed by atoms with Crippen molar-refractivity contribution in [2.24, 2.45) is 0 Å². The normalized spacial score (nSPS) is 16.2. The molecule has 9 heteroatoms. The number of carbonyl (C=O) groups is 2. The molecule has 0 unspecified atom stereocenters. The first kappa shape index (κ1) is 17.0. The highest BCUT2D eigenvalue weighted by atomic mass is 32.2. The molecule has 0 bridgehead atoms. The van der Waals surface area contributed by atoms with Crippen LogP contribution in [0.3, 0.4) is 0 Å². The van der Waals surface area contributed by atoms with Gasteiger partial charge in [0.2, 0.25) is 0 Å². The first-order valence-electron chi connectivity index (χ1n) is 7.42. The summed E-state index contributed by atoms with van der Waals surface area (Å²) < 4.78 is 7.02. The third-order valence-electron chi connectivity index (χ3n) is 3.57. The average molecular weight is 401 g/mol. The van der Waals surface area contributed by atoms with Gasteiger partial charge in [0.05, 0.1) is 27.6 Å². The van der Waals surface area contributed by atoms with Gasteiger partial charge in [0.15, 0.2) is 10.8 Å². The first-order valence-corrected chi connectivity index (χ1v) is 9.46. The molecule has 1 aliphatic heterocycles. The molecule has 6 nitrogen and oxygen atoms in total. The Balaban J connectivity index is 1.60. The molecule has 1 aliphatic rings. The number of hydrogen-bond acceptors (Lipinski definition) is 8. The highest BCUT2D eigenvalue weighted by Gasteiger charge is 2.32. The van der Waals surface area contributed by atoms with Gasteiger partial charge in [-0.2, -0.15) is 0 Å². The molecule has 4 rings (SSSR count). The lowest BCUT2D eigenvalue weighted by molar-refractivity contribution is -0.305. The van der Waals surface area contributed by atoms with Crippen LogP contribution in [0.4, 0.5) is 0 Å². The summed E-state index contributed by atoms with van der Waals surface area (Å²) in [5.41, 5.74) is 0.897. The zero-order valence-electron chi connectivity index (χ0n) is 13.0. The Morgan fingerprint density at radius 2 is 2.12 bits per heavy atom. The van der Waals surface area contributed by atoms with Crippen molar-refractivity contribution in [3.63, 3.8) is 0 Å². The third-order valence-corrected chi connectivity index (χ3v) is 5.99. The minimum atomic E-state index is -1.36. The van der Waals surface area contributed by atoms with Crippen molar-refractivity contribution in [2.45, 2.75) is 0 Å². The molecular formula is C17H9N2O4S3-. The fourth-order valence-corrected chi connectivity index (χ4v) is 4.58. The number of aliphatic carboxylic acids is 1. The second-order valence-electron chi connectivity index (χ2n) is 5.33. The maximum Gasteiger partial charge on any atom is 0.266 e. The van der Waals surface area contributed by atoms with Crippen LogP contribution in [0.5, 0.6) is 0 Å². The van der Waals surface area contributed by atoms with Crippen LogP contribution in [0.1, 0.15) is 5.76 Å². The Bertz CT molecular complexity index is 1050. The Labute approximate surface area is 161 Å². The van der Waals surface area contributed by atoms with Crippen molar-refractivity contribution in [1.82, 2.24) is 9.88 Å². The summed E-state index contributed by atoms with van der Waals surface area (Å²) in [7, 11) is 0. The van der Waals surface area contributed by atoms with Crippen LogP contribution in [0.15, 0.2) is 45.7 Å². The monoisotopic (exact) mass is 401 g/mol. The van der Waals surface area contributed by atoms with Gasteiger partial charge in [0.1, 0.15) is 10.1 Å². The van der Waals surface area contributed by atoms with Crippen molar-refractivity contribution >= 4 is 67.8 Å². The SMILES string of the molecule is O=C([O-])CN1C(=O)/C(=C/c2ccc(-c3nc4ccccc4s3)o2)SC1=S. The summed E-state index contributed by atoms with van der Waals surface area (Å²) in [6.45, 7) is -0.558. The first-order chi connectivity index (χ1) is 12.5. The minimum absolute atomic E-state index is 0.184. The molecule has 0 N–H and O–H groups in total. The van der Waals surface area contributed by atoms with Crippen LogP contribution in [-0.4, -0.2) is 32.6 Å². The van der Waals surface area contributed by atoms with Crippen molar-refractivity contribution in [3.05, 3.63) is 47.1 Å². The summed E-state index contributed by atoms with van der Waals surface area (Å²) in [5.74, 6) is -0.767. The van der Waals surface area contributed by atoms with Gasteiger partial charge in [-0.15, -0.1) is 11.3 Å². The van der Waals surface area contributed by atoms with E-state index in [0.717, 1.165) is 31.9 Å². The number of carboxylic acid groups (broad SMARTS) is 1. The number of benzene rings is 1. The standard InChI is InChI=1S/C17H10N2O4S3/c20-14(21)8-19-16(22)13(26-17(19)24)7-9-5-6-11(23-9)15-18-10-3-1-2-4-12(10)25-15/h1-7H,8H2,(H,20,21)/p-1/b13-7-. The van der Waals surface area contributed by atoms with Crippen molar-refractivity contribution in [3.8, 4) is 10.8 Å². The molecule has 3 aromatic rings. The van der Waals surface area contributed by atoms with E-state index in [9.17, 15) is 14.7 Å². The van der Waals surface area contributed by atoms with Crippen molar-refractivity contribution < 1.29 is 19.1 Å². The Kier molecular flexibility index (Phi) is 4.35. The summed E-state index contributed by atoms with van der Waals surface area (Å²) in [5, 5.41) is 11.5. The number of furan rings is 1. The maximum absolute atomic E-state index is 12.3. The topological polar surface area (TPSA) is 86.5 Å². The Morgan fingerprint density at radius 1 is 1.31 bits per heavy atom. The van der Waals surface area contributed by atoms with E-state index < -0.39 is 18.4 Å². The number of carbonyl (C=O) groups excluding carboxylic acids is 2. The van der Waals surface area contributed by atoms with Crippen LogP contribution in [0.2, 0.25) is 0 Å². The number of amides is 1. The maximum atomic E-state index is 12.3. The fraction of sp³-hybridized carbons (Fsp3) is 0.0588. The van der Waals surface area contributed by atoms with E-state index in [1.54, 1.807) is 18.2 Å². The summed E-state index contributed by atoms with van der Waals surface area (Å²) in [6, 6.07) is 11.3. The highest BCUT2D eigenvalue weighted by Crippen LogP contribution is 2.35. The average Bonchev–Trinajstić information content (AvgIpc) is 3.29. The van der Waals surface area contributed by atoms with E-state index in [4.69, 9.17) is 16.6 Å². The highest BCUT2D eigenvalue weighted by molar-refractivity contribution is 8.26. The molecule has 0 atom stereocenters. The summed E-state index contributed by atoms with van der Waals surface area (Å²) in [4.78, 5) is 28.8. The van der Waals surface area contributed by atoms with E-state index in [2.05, 4.69) is 4.98 Å². The van der Waals surface area contributed by atoms with Crippen LogP contribution in [0.25, 0.3) is 27.1 Å². The van der Waals surface area contributed by atoms with Gasteiger partial charge in [-0.1, -0.05) is 36.1 Å². The zero-order valence-corrected chi connectivity index (χ0v) is 15.5. The number of hydrogen-bond donors (Lipinski definition) is 0. The molecule has 2 aromatic heterocycles. The number of aromatic nitrogens is 1. The lowest BCUT2D eigenvalue weighted by atomic mass is 10.3. The predicted octanol–water partition coefficient (Wildman–Crippen LogP) is 2.51. The lowest BCUT2D eigenvalue weighted by Gasteiger charge is -2.14. The number of rotatable bonds is 4. The number of fused-ring (bicyclic) bond motifs is 1. The number of nitrogens with zero attached hydrogens (tertiary/aromatic N) is 2. The smallest absolute Gasteiger partial charge is 0.266 e. The van der Waals surface area contributed by atoms with Gasteiger partial charge in [0.25, 0.3) is 5.91 Å². The van der Waals surface area contributed by atoms with Gasteiger partial charge in [-0.3, -0.25) is 9.69 Å². The van der Waals surface area contributed by atoms with E-state index in [1.807, 2.05) is 24.3 Å². The lowest BCUT2D eigenvalue weighted by Crippen LogP contribution is -2.40. The zero-order chi connectivity index (χ0) is 18.3. The van der Waals surface area contributed by atoms with Gasteiger partial charge in [0, 0.05) is 6.08 Å². The molecule has 1 fully saturated rings. The number of thiazole rings is 1. The second-order valence-corrected chi connectivity index (χ2v) is 8.04. The minimum Gasteiger partial charge on any atom is -0.548 e. The van der Waals surface area contributed by atoms with E-state index in [-0.39, 0.29) is 4.32 Å². The molecule has 0 radical (unpaired) electrons. The third kappa shape index (κ3) is 3.16. The quantitative estimate of drug-likeness (QED) is 0.490. The van der Waals surface area contributed by atoms with E-state index in [0.29, 0.717) is 16.4 Å². The molecule has 130 valence electrons. The van der Waals surface area contributed by atoms with Crippen molar-refractivity contribution in [1.29, 1.82) is 0 Å². The van der Waals surface area contributed by atoms with E-state index >= 15 is 0 Å². The Hall–Kier alpha value is -2.49. The molecule has 1 amide bonds. The summed E-state index contributed by atoms with van der Waals surface area (Å²) >= 11 is 7.59. The number of thiocarbonyl (C=S) groups is 1. The molecule has 0 spiro atoms. The van der Waals surface area contributed by atoms with Crippen molar-refractivity contribution in [2.75, 3.05) is 6.54 Å². The summed E-state index contributed by atoms with van der Waals surface area (Å²) in [6.07, 6.45) is 1.55. The number of carboxylic acids is 1. The number of thioether (sulfide) groups is 1. The van der Waals surface area contributed by atoms with Gasteiger partial charge in [-0.25, -0.2) is 4.98 Å². The molecule has 26 heavy (non-hydrogen) atoms. The van der Waals surface area contributed by atoms with Gasteiger partial charge < -0.3 is 14.3 Å². The molecular weight excluding hydrogens is 392 g/mol. The van der Waals surface area contributed by atoms with Gasteiger partial charge in [-0.05, 0) is 24.3 Å². The van der Waals surface area contributed by atoms with Crippen LogP contribution in [-0.2, 0) is 9.59 Å². The molecule has 1 saturated heterocycles. The number of para-hydroxylation sites is 1. The van der Waals surface area contributed by atoms with E-state index in [1.165, 1.54) is 11.3 Å². The predicted molar refractivity (Wildman–Crippen MR) is 102 cm³/mol. The largest absolute Gasteiger partial charge is 0.548 e. The molecule has 0 saturated carbocycles. The second kappa shape index (κ2) is 6.67. The molecule has 0 aliphatic carbocycles. The Morgan fingerprint density at radius 3 is 2.88 bits per heavy atom. The molecule has 1 aromatic carbocycles. The van der Waals surface area contributed by atoms with Crippen LogP contribution >= 0.6 is 35.3 Å². The van der Waals surface area contributed by atoms with Crippen LogP contribution in [0, 0.1) is 0 Å². The van der Waals surface area contributed by atoms with Crippen LogP contribution < -0.4 is 5.11 Å². The fourth-order valence-electron chi connectivity index (χ4n) is 2.42.